The van der Waals surface area contributed by atoms with E-state index in [1.807, 2.05) is 12.1 Å². The SMILES string of the molecule is OCc1ccc(C2CCCC[N]2)cc1. The summed E-state index contributed by atoms with van der Waals surface area (Å²) in [6.07, 6.45) is 3.71. The lowest BCUT2D eigenvalue weighted by molar-refractivity contribution is 0.281. The number of rotatable bonds is 2. The summed E-state index contributed by atoms with van der Waals surface area (Å²) < 4.78 is 0. The monoisotopic (exact) mass is 190 g/mol. The van der Waals surface area contributed by atoms with Gasteiger partial charge in [0.25, 0.3) is 0 Å². The zero-order valence-electron chi connectivity index (χ0n) is 8.32. The van der Waals surface area contributed by atoms with Crippen molar-refractivity contribution in [2.75, 3.05) is 6.54 Å². The molecule has 2 heteroatoms. The number of nitrogens with zero attached hydrogens (tertiary/aromatic N) is 1. The van der Waals surface area contributed by atoms with Gasteiger partial charge in [-0.15, -0.1) is 0 Å². The number of hydrogen-bond acceptors (Lipinski definition) is 1. The van der Waals surface area contributed by atoms with Crippen LogP contribution in [0.5, 0.6) is 0 Å². The summed E-state index contributed by atoms with van der Waals surface area (Å²) in [6.45, 7) is 1.13. The second-order valence-corrected chi connectivity index (χ2v) is 3.82. The van der Waals surface area contributed by atoms with E-state index in [9.17, 15) is 0 Å². The molecule has 1 unspecified atom stereocenters. The smallest absolute Gasteiger partial charge is 0.0681 e. The summed E-state index contributed by atoms with van der Waals surface area (Å²) >= 11 is 0. The highest BCUT2D eigenvalue weighted by atomic mass is 16.3. The van der Waals surface area contributed by atoms with Crippen molar-refractivity contribution in [3.05, 3.63) is 35.4 Å². The maximum absolute atomic E-state index is 8.92. The number of benzene rings is 1. The van der Waals surface area contributed by atoms with E-state index in [-0.39, 0.29) is 6.61 Å². The van der Waals surface area contributed by atoms with E-state index in [1.54, 1.807) is 0 Å². The van der Waals surface area contributed by atoms with E-state index in [0.717, 1.165) is 12.1 Å². The minimum atomic E-state index is 0.127. The first kappa shape index (κ1) is 9.69. The van der Waals surface area contributed by atoms with Gasteiger partial charge in [-0.2, -0.15) is 0 Å². The van der Waals surface area contributed by atoms with Crippen LogP contribution in [0, 0.1) is 0 Å². The first-order valence-electron chi connectivity index (χ1n) is 5.26. The second-order valence-electron chi connectivity index (χ2n) is 3.82. The molecule has 2 nitrogen and oxygen atoms in total. The Labute approximate surface area is 85.0 Å². The summed E-state index contributed by atoms with van der Waals surface area (Å²) in [5.41, 5.74) is 2.27. The molecular formula is C12H16NO. The van der Waals surface area contributed by atoms with Crippen molar-refractivity contribution in [1.82, 2.24) is 5.32 Å². The largest absolute Gasteiger partial charge is 0.392 e. The first-order valence-corrected chi connectivity index (χ1v) is 5.26. The zero-order valence-corrected chi connectivity index (χ0v) is 8.32. The normalized spacial score (nSPS) is 22.2. The van der Waals surface area contributed by atoms with Gasteiger partial charge in [-0.25, -0.2) is 5.32 Å². The number of aliphatic hydroxyl groups is 1. The van der Waals surface area contributed by atoms with Crippen LogP contribution in [0.2, 0.25) is 0 Å². The maximum Gasteiger partial charge on any atom is 0.0681 e. The summed E-state index contributed by atoms with van der Waals surface area (Å²) in [4.78, 5) is 0. The molecule has 1 heterocycles. The number of hydrogen-bond donors (Lipinski definition) is 1. The van der Waals surface area contributed by atoms with Crippen LogP contribution in [0.4, 0.5) is 0 Å². The molecule has 1 aliphatic heterocycles. The van der Waals surface area contributed by atoms with Crippen LogP contribution in [0.1, 0.15) is 36.4 Å². The molecule has 1 radical (unpaired) electrons. The lowest BCUT2D eigenvalue weighted by Crippen LogP contribution is -2.20. The average Bonchev–Trinajstić information content (AvgIpc) is 2.30. The molecule has 1 atom stereocenters. The standard InChI is InChI=1S/C12H16NO/c14-9-10-4-6-11(7-5-10)12-3-1-2-8-13-12/h4-7,12,14H,1-3,8-9H2. The molecule has 2 rings (SSSR count). The quantitative estimate of drug-likeness (QED) is 0.760. The summed E-state index contributed by atoms with van der Waals surface area (Å²) in [6, 6.07) is 8.55. The Bertz CT molecular complexity index is 275. The Morgan fingerprint density at radius 3 is 2.57 bits per heavy atom. The Hall–Kier alpha value is -0.860. The van der Waals surface area contributed by atoms with E-state index in [4.69, 9.17) is 5.11 Å². The predicted octanol–water partition coefficient (Wildman–Crippen LogP) is 2.01. The van der Waals surface area contributed by atoms with Crippen molar-refractivity contribution in [3.63, 3.8) is 0 Å². The van der Waals surface area contributed by atoms with Crippen LogP contribution < -0.4 is 5.32 Å². The van der Waals surface area contributed by atoms with E-state index < -0.39 is 0 Å². The first-order chi connectivity index (χ1) is 6.90. The molecule has 1 saturated heterocycles. The number of piperidine rings is 1. The highest BCUT2D eigenvalue weighted by Gasteiger charge is 2.15. The topological polar surface area (TPSA) is 34.3 Å². The third-order valence-corrected chi connectivity index (χ3v) is 2.78. The van der Waals surface area contributed by atoms with Gasteiger partial charge >= 0.3 is 0 Å². The van der Waals surface area contributed by atoms with Gasteiger partial charge < -0.3 is 5.11 Å². The zero-order chi connectivity index (χ0) is 9.80. The molecule has 75 valence electrons. The van der Waals surface area contributed by atoms with Crippen LogP contribution in [0.3, 0.4) is 0 Å². The molecule has 0 aliphatic carbocycles. The summed E-state index contributed by atoms with van der Waals surface area (Å²) in [5, 5.41) is 13.5. The van der Waals surface area contributed by atoms with Crippen molar-refractivity contribution in [2.45, 2.75) is 31.9 Å². The van der Waals surface area contributed by atoms with Crippen LogP contribution in [0.15, 0.2) is 24.3 Å². The summed E-state index contributed by atoms with van der Waals surface area (Å²) in [5.74, 6) is 0. The van der Waals surface area contributed by atoms with Crippen LogP contribution in [0.25, 0.3) is 0 Å². The molecule has 0 amide bonds. The molecule has 1 aromatic carbocycles. The third kappa shape index (κ3) is 2.14. The molecule has 1 N–H and O–H groups in total. The van der Waals surface area contributed by atoms with E-state index in [1.165, 1.54) is 24.8 Å². The van der Waals surface area contributed by atoms with Crippen molar-refractivity contribution in [1.29, 1.82) is 0 Å². The number of aliphatic hydroxyl groups excluding tert-OH is 1. The van der Waals surface area contributed by atoms with Crippen molar-refractivity contribution < 1.29 is 5.11 Å². The van der Waals surface area contributed by atoms with E-state index in [2.05, 4.69) is 17.4 Å². The van der Waals surface area contributed by atoms with E-state index >= 15 is 0 Å². The van der Waals surface area contributed by atoms with Gasteiger partial charge in [0.05, 0.1) is 6.61 Å². The molecule has 0 spiro atoms. The average molecular weight is 190 g/mol. The Morgan fingerprint density at radius 1 is 1.21 bits per heavy atom. The predicted molar refractivity (Wildman–Crippen MR) is 56.0 cm³/mol. The van der Waals surface area contributed by atoms with Gasteiger partial charge in [0.2, 0.25) is 0 Å². The van der Waals surface area contributed by atoms with Gasteiger partial charge in [0, 0.05) is 12.6 Å². The fourth-order valence-electron chi connectivity index (χ4n) is 1.91. The summed E-state index contributed by atoms with van der Waals surface area (Å²) in [7, 11) is 0. The minimum Gasteiger partial charge on any atom is -0.392 e. The molecule has 0 bridgehead atoms. The Balaban J connectivity index is 2.07. The van der Waals surface area contributed by atoms with Gasteiger partial charge in [0.15, 0.2) is 0 Å². The highest BCUT2D eigenvalue weighted by Crippen LogP contribution is 2.24. The van der Waals surface area contributed by atoms with Crippen LogP contribution in [-0.2, 0) is 6.61 Å². The van der Waals surface area contributed by atoms with Crippen molar-refractivity contribution in [3.8, 4) is 0 Å². The molecular weight excluding hydrogens is 174 g/mol. The van der Waals surface area contributed by atoms with Gasteiger partial charge in [-0.3, -0.25) is 0 Å². The lowest BCUT2D eigenvalue weighted by atomic mass is 9.97. The van der Waals surface area contributed by atoms with Crippen LogP contribution >= 0.6 is 0 Å². The van der Waals surface area contributed by atoms with Gasteiger partial charge in [-0.1, -0.05) is 30.7 Å². The third-order valence-electron chi connectivity index (χ3n) is 2.78. The molecule has 0 saturated carbocycles. The molecule has 1 aromatic rings. The van der Waals surface area contributed by atoms with E-state index in [0.29, 0.717) is 6.04 Å². The fraction of sp³-hybridized carbons (Fsp3) is 0.500. The van der Waals surface area contributed by atoms with Gasteiger partial charge in [0.1, 0.15) is 0 Å². The minimum absolute atomic E-state index is 0.127. The van der Waals surface area contributed by atoms with Gasteiger partial charge in [-0.05, 0) is 24.0 Å². The molecule has 0 aromatic heterocycles. The maximum atomic E-state index is 8.92. The Morgan fingerprint density at radius 2 is 2.00 bits per heavy atom. The molecule has 1 aliphatic rings. The molecule has 14 heavy (non-hydrogen) atoms. The highest BCUT2D eigenvalue weighted by molar-refractivity contribution is 5.24. The lowest BCUT2D eigenvalue weighted by Gasteiger charge is -2.21. The second kappa shape index (κ2) is 4.58. The van der Waals surface area contributed by atoms with Crippen LogP contribution in [-0.4, -0.2) is 11.7 Å². The van der Waals surface area contributed by atoms with Crippen molar-refractivity contribution >= 4 is 0 Å². The Kier molecular flexibility index (Phi) is 3.17. The molecule has 1 fully saturated rings. The fourth-order valence-corrected chi connectivity index (χ4v) is 1.91. The van der Waals surface area contributed by atoms with Crippen molar-refractivity contribution in [2.24, 2.45) is 0 Å².